The van der Waals surface area contributed by atoms with Gasteiger partial charge in [0.05, 0.1) is 11.5 Å². The highest BCUT2D eigenvalue weighted by atomic mass is 35.5. The van der Waals surface area contributed by atoms with Crippen LogP contribution >= 0.6 is 23.4 Å². The van der Waals surface area contributed by atoms with Gasteiger partial charge in [0.2, 0.25) is 0 Å². The highest BCUT2D eigenvalue weighted by Gasteiger charge is 2.05. The van der Waals surface area contributed by atoms with Gasteiger partial charge in [0.1, 0.15) is 0 Å². The quantitative estimate of drug-likeness (QED) is 0.798. The number of aryl methyl sites for hydroxylation is 1. The lowest BCUT2D eigenvalue weighted by Gasteiger charge is -2.08. The number of aromatic nitrogens is 1. The molecule has 0 fully saturated rings. The van der Waals surface area contributed by atoms with Crippen LogP contribution in [0.5, 0.6) is 0 Å². The third kappa shape index (κ3) is 2.90. The molecular weight excluding hydrogens is 258 g/mol. The largest absolute Gasteiger partial charge is 0.549 e. The number of hydrogen-bond donors (Lipinski definition) is 0. The Labute approximate surface area is 108 Å². The van der Waals surface area contributed by atoms with Crippen molar-refractivity contribution >= 4 is 40.2 Å². The fraction of sp³-hybridized carbons (Fsp3) is 0.167. The molecule has 0 saturated heterocycles. The molecule has 0 N–H and O–H groups in total. The summed E-state index contributed by atoms with van der Waals surface area (Å²) in [4.78, 5) is 15.7. The van der Waals surface area contributed by atoms with Crippen molar-refractivity contribution in [2.45, 2.75) is 11.8 Å². The lowest BCUT2D eigenvalue weighted by Crippen LogP contribution is -2.24. The van der Waals surface area contributed by atoms with E-state index in [4.69, 9.17) is 11.6 Å². The van der Waals surface area contributed by atoms with Crippen molar-refractivity contribution in [3.63, 3.8) is 0 Å². The lowest BCUT2D eigenvalue weighted by atomic mass is 10.2. The number of rotatable bonds is 3. The Morgan fingerprint density at radius 2 is 2.24 bits per heavy atom. The highest BCUT2D eigenvalue weighted by molar-refractivity contribution is 8.00. The standard InChI is InChI=1S/C12H10ClNO2S/c1-7-4-11(17-6-12(15)16)9-5-8(13)2-3-10(9)14-7/h2-5H,6H2,1H3,(H,15,16)/p-1. The van der Waals surface area contributed by atoms with Gasteiger partial charge in [-0.05, 0) is 31.2 Å². The van der Waals surface area contributed by atoms with Gasteiger partial charge in [-0.3, -0.25) is 4.98 Å². The maximum atomic E-state index is 10.5. The average molecular weight is 267 g/mol. The van der Waals surface area contributed by atoms with E-state index in [9.17, 15) is 9.90 Å². The monoisotopic (exact) mass is 266 g/mol. The number of nitrogens with zero attached hydrogens (tertiary/aromatic N) is 1. The van der Waals surface area contributed by atoms with Crippen molar-refractivity contribution in [3.8, 4) is 0 Å². The minimum absolute atomic E-state index is 0.0783. The number of hydrogen-bond acceptors (Lipinski definition) is 4. The molecule has 2 rings (SSSR count). The van der Waals surface area contributed by atoms with E-state index in [-0.39, 0.29) is 5.75 Å². The number of benzene rings is 1. The Morgan fingerprint density at radius 1 is 1.47 bits per heavy atom. The van der Waals surface area contributed by atoms with Gasteiger partial charge >= 0.3 is 0 Å². The number of carbonyl (C=O) groups is 1. The summed E-state index contributed by atoms with van der Waals surface area (Å²) in [5.74, 6) is -1.16. The van der Waals surface area contributed by atoms with Gasteiger partial charge in [-0.15, -0.1) is 11.8 Å². The van der Waals surface area contributed by atoms with Crippen LogP contribution in [-0.4, -0.2) is 16.7 Å². The van der Waals surface area contributed by atoms with Gasteiger partial charge in [0.25, 0.3) is 0 Å². The van der Waals surface area contributed by atoms with Crippen LogP contribution in [0.3, 0.4) is 0 Å². The number of aliphatic carboxylic acids is 1. The molecule has 1 aromatic heterocycles. The van der Waals surface area contributed by atoms with Crippen molar-refractivity contribution in [1.82, 2.24) is 4.98 Å². The Morgan fingerprint density at radius 3 is 2.94 bits per heavy atom. The van der Waals surface area contributed by atoms with E-state index in [0.717, 1.165) is 21.5 Å². The fourth-order valence-corrected chi connectivity index (χ4v) is 2.57. The summed E-state index contributed by atoms with van der Waals surface area (Å²) < 4.78 is 0. The Bertz CT molecular complexity index is 586. The molecule has 0 saturated carbocycles. The van der Waals surface area contributed by atoms with E-state index in [1.54, 1.807) is 12.1 Å². The van der Waals surface area contributed by atoms with Crippen LogP contribution in [0.25, 0.3) is 10.9 Å². The Kier molecular flexibility index (Phi) is 3.54. The van der Waals surface area contributed by atoms with Crippen molar-refractivity contribution in [2.75, 3.05) is 5.75 Å². The van der Waals surface area contributed by atoms with E-state index in [0.29, 0.717) is 5.02 Å². The molecule has 1 aromatic carbocycles. The van der Waals surface area contributed by atoms with E-state index in [1.807, 2.05) is 19.1 Å². The third-order valence-corrected chi connectivity index (χ3v) is 3.47. The second kappa shape index (κ2) is 4.94. The van der Waals surface area contributed by atoms with Gasteiger partial charge in [0.15, 0.2) is 0 Å². The first-order valence-corrected chi connectivity index (χ1v) is 6.32. The Hall–Kier alpha value is -1.26. The van der Waals surface area contributed by atoms with Crippen LogP contribution in [0.2, 0.25) is 5.02 Å². The number of pyridine rings is 1. The molecule has 0 aliphatic heterocycles. The zero-order chi connectivity index (χ0) is 12.4. The number of carboxylic acid groups (broad SMARTS) is 1. The number of carbonyl (C=O) groups excluding carboxylic acids is 1. The molecule has 0 bridgehead atoms. The van der Waals surface area contributed by atoms with Crippen molar-refractivity contribution < 1.29 is 9.90 Å². The molecule has 17 heavy (non-hydrogen) atoms. The summed E-state index contributed by atoms with van der Waals surface area (Å²) in [6.07, 6.45) is 0. The SMILES string of the molecule is Cc1cc(SCC(=O)[O-])c2cc(Cl)ccc2n1. The maximum Gasteiger partial charge on any atom is 0.0717 e. The minimum atomic E-state index is -1.08. The second-order valence-corrected chi connectivity index (χ2v) is 5.04. The van der Waals surface area contributed by atoms with Gasteiger partial charge < -0.3 is 9.90 Å². The summed E-state index contributed by atoms with van der Waals surface area (Å²) in [6, 6.07) is 7.24. The molecule has 0 aliphatic carbocycles. The van der Waals surface area contributed by atoms with Crippen LogP contribution in [0.15, 0.2) is 29.2 Å². The molecule has 0 amide bonds. The zero-order valence-corrected chi connectivity index (χ0v) is 10.6. The molecule has 1 heterocycles. The third-order valence-electron chi connectivity index (χ3n) is 2.21. The number of halogens is 1. The molecular formula is C12H9ClNO2S-. The molecule has 0 unspecified atom stereocenters. The van der Waals surface area contributed by atoms with E-state index < -0.39 is 5.97 Å². The first-order valence-electron chi connectivity index (χ1n) is 4.96. The average Bonchev–Trinajstić information content (AvgIpc) is 2.26. The number of thioether (sulfide) groups is 1. The van der Waals surface area contributed by atoms with E-state index >= 15 is 0 Å². The maximum absolute atomic E-state index is 10.5. The van der Waals surface area contributed by atoms with Crippen LogP contribution in [0.1, 0.15) is 5.69 Å². The minimum Gasteiger partial charge on any atom is -0.549 e. The van der Waals surface area contributed by atoms with Crippen LogP contribution in [0, 0.1) is 6.92 Å². The smallest absolute Gasteiger partial charge is 0.0717 e. The molecule has 0 aliphatic rings. The summed E-state index contributed by atoms with van der Waals surface area (Å²) in [5, 5.41) is 12.0. The molecule has 0 radical (unpaired) electrons. The topological polar surface area (TPSA) is 53.0 Å². The zero-order valence-electron chi connectivity index (χ0n) is 9.07. The molecule has 88 valence electrons. The summed E-state index contributed by atoms with van der Waals surface area (Å²) >= 11 is 7.15. The number of carboxylic acids is 1. The highest BCUT2D eigenvalue weighted by Crippen LogP contribution is 2.29. The van der Waals surface area contributed by atoms with Crippen LogP contribution < -0.4 is 5.11 Å². The van der Waals surface area contributed by atoms with Crippen molar-refractivity contribution in [2.24, 2.45) is 0 Å². The first-order chi connectivity index (χ1) is 8.06. The first kappa shape index (κ1) is 12.2. The molecule has 0 spiro atoms. The molecule has 5 heteroatoms. The van der Waals surface area contributed by atoms with Crippen molar-refractivity contribution in [3.05, 3.63) is 35.0 Å². The normalized spacial score (nSPS) is 10.7. The lowest BCUT2D eigenvalue weighted by molar-refractivity contribution is -0.301. The fourth-order valence-electron chi connectivity index (χ4n) is 1.55. The van der Waals surface area contributed by atoms with E-state index in [1.165, 1.54) is 11.8 Å². The summed E-state index contributed by atoms with van der Waals surface area (Å²) in [6.45, 7) is 1.87. The predicted molar refractivity (Wildman–Crippen MR) is 67.2 cm³/mol. The molecule has 3 nitrogen and oxygen atoms in total. The summed E-state index contributed by atoms with van der Waals surface area (Å²) in [7, 11) is 0. The summed E-state index contributed by atoms with van der Waals surface area (Å²) in [5.41, 5.74) is 1.66. The van der Waals surface area contributed by atoms with Crippen LogP contribution in [-0.2, 0) is 4.79 Å². The van der Waals surface area contributed by atoms with Crippen LogP contribution in [0.4, 0.5) is 0 Å². The molecule has 2 aromatic rings. The molecule has 0 atom stereocenters. The van der Waals surface area contributed by atoms with Gasteiger partial charge in [-0.1, -0.05) is 11.6 Å². The predicted octanol–water partition coefficient (Wildman–Crippen LogP) is 2.04. The van der Waals surface area contributed by atoms with E-state index in [2.05, 4.69) is 4.98 Å². The number of fused-ring (bicyclic) bond motifs is 1. The van der Waals surface area contributed by atoms with Gasteiger partial charge in [0, 0.05) is 26.8 Å². The van der Waals surface area contributed by atoms with Gasteiger partial charge in [-0.25, -0.2) is 0 Å². The van der Waals surface area contributed by atoms with Gasteiger partial charge in [-0.2, -0.15) is 0 Å². The Balaban J connectivity index is 2.51. The second-order valence-electron chi connectivity index (χ2n) is 3.58. The van der Waals surface area contributed by atoms with Crippen molar-refractivity contribution in [1.29, 1.82) is 0 Å².